The van der Waals surface area contributed by atoms with Crippen molar-refractivity contribution < 1.29 is 0 Å². The number of aryl methyl sites for hydroxylation is 1. The van der Waals surface area contributed by atoms with E-state index >= 15 is 0 Å². The Morgan fingerprint density at radius 1 is 0.962 bits per heavy atom. The third-order valence-electron chi connectivity index (χ3n) is 3.92. The highest BCUT2D eigenvalue weighted by molar-refractivity contribution is 6.39. The van der Waals surface area contributed by atoms with Crippen molar-refractivity contribution in [1.82, 2.24) is 20.2 Å². The van der Waals surface area contributed by atoms with Crippen LogP contribution in [0.2, 0.25) is 10.0 Å². The molecular formula is C19H13Cl2N5. The highest BCUT2D eigenvalue weighted by Crippen LogP contribution is 2.36. The molecule has 0 fully saturated rings. The van der Waals surface area contributed by atoms with E-state index in [4.69, 9.17) is 23.2 Å². The van der Waals surface area contributed by atoms with Crippen molar-refractivity contribution in [2.24, 2.45) is 0 Å². The summed E-state index contributed by atoms with van der Waals surface area (Å²) in [7, 11) is 0. The Morgan fingerprint density at radius 2 is 1.77 bits per heavy atom. The molecule has 0 spiro atoms. The predicted molar refractivity (Wildman–Crippen MR) is 105 cm³/mol. The highest BCUT2D eigenvalue weighted by Gasteiger charge is 2.12. The van der Waals surface area contributed by atoms with E-state index in [1.54, 1.807) is 12.4 Å². The van der Waals surface area contributed by atoms with Crippen LogP contribution in [-0.4, -0.2) is 20.2 Å². The van der Waals surface area contributed by atoms with Crippen LogP contribution in [0, 0.1) is 6.92 Å². The van der Waals surface area contributed by atoms with Gasteiger partial charge >= 0.3 is 0 Å². The molecule has 0 bridgehead atoms. The molecule has 128 valence electrons. The molecule has 2 heterocycles. The maximum atomic E-state index is 6.33. The van der Waals surface area contributed by atoms with Gasteiger partial charge in [0.25, 0.3) is 0 Å². The van der Waals surface area contributed by atoms with E-state index in [9.17, 15) is 0 Å². The van der Waals surface area contributed by atoms with Crippen LogP contribution in [0.15, 0.2) is 54.9 Å². The zero-order chi connectivity index (χ0) is 18.1. The predicted octanol–water partition coefficient (Wildman–Crippen LogP) is 5.45. The topological polar surface area (TPSA) is 63.6 Å². The summed E-state index contributed by atoms with van der Waals surface area (Å²) in [6, 6.07) is 13.1. The molecule has 0 aliphatic heterocycles. The van der Waals surface area contributed by atoms with Gasteiger partial charge < -0.3 is 5.32 Å². The average molecular weight is 382 g/mol. The number of hydrogen-bond acceptors (Lipinski definition) is 5. The minimum absolute atomic E-state index is 0.414. The molecule has 0 aliphatic rings. The number of hydrogen-bond donors (Lipinski definition) is 1. The molecule has 4 rings (SSSR count). The lowest BCUT2D eigenvalue weighted by Crippen LogP contribution is -2.01. The molecule has 2 aromatic carbocycles. The maximum absolute atomic E-state index is 6.33. The Balaban J connectivity index is 1.78. The minimum atomic E-state index is 0.414. The number of fused-ring (bicyclic) bond motifs is 1. The van der Waals surface area contributed by atoms with Gasteiger partial charge in [0.2, 0.25) is 5.95 Å². The molecule has 1 N–H and O–H groups in total. The summed E-state index contributed by atoms with van der Waals surface area (Å²) in [5.74, 6) is 0.414. The number of anilines is 2. The molecule has 0 aliphatic carbocycles. The lowest BCUT2D eigenvalue weighted by Gasteiger charge is -2.10. The molecule has 0 saturated heterocycles. The van der Waals surface area contributed by atoms with Crippen molar-refractivity contribution >= 4 is 45.9 Å². The van der Waals surface area contributed by atoms with Gasteiger partial charge in [0, 0.05) is 21.8 Å². The van der Waals surface area contributed by atoms with Crippen LogP contribution >= 0.6 is 23.2 Å². The largest absolute Gasteiger partial charge is 0.321 e. The van der Waals surface area contributed by atoms with Gasteiger partial charge in [-0.2, -0.15) is 0 Å². The van der Waals surface area contributed by atoms with Gasteiger partial charge in [-0.25, -0.2) is 4.98 Å². The van der Waals surface area contributed by atoms with E-state index < -0.39 is 0 Å². The first kappa shape index (κ1) is 16.7. The fraction of sp³-hybridized carbons (Fsp3) is 0.0526. The Kier molecular flexibility index (Phi) is 4.41. The summed E-state index contributed by atoms with van der Waals surface area (Å²) in [6.45, 7) is 1.97. The molecule has 0 saturated carbocycles. The Hall–Kier alpha value is -2.76. The number of nitrogens with zero attached hydrogens (tertiary/aromatic N) is 4. The van der Waals surface area contributed by atoms with Gasteiger partial charge in [-0.1, -0.05) is 29.3 Å². The molecule has 0 amide bonds. The van der Waals surface area contributed by atoms with Crippen LogP contribution in [-0.2, 0) is 0 Å². The van der Waals surface area contributed by atoms with Crippen LogP contribution in [0.25, 0.3) is 22.2 Å². The summed E-state index contributed by atoms with van der Waals surface area (Å²) in [5, 5.41) is 12.7. The highest BCUT2D eigenvalue weighted by atomic mass is 35.5. The average Bonchev–Trinajstić information content (AvgIpc) is 2.63. The second-order valence-corrected chi connectivity index (χ2v) is 6.57. The third kappa shape index (κ3) is 3.19. The smallest absolute Gasteiger partial charge is 0.247 e. The summed E-state index contributed by atoms with van der Waals surface area (Å²) in [5.41, 5.74) is 4.85. The third-order valence-corrected chi connectivity index (χ3v) is 4.55. The van der Waals surface area contributed by atoms with Gasteiger partial charge in [0.1, 0.15) is 5.52 Å². The summed E-state index contributed by atoms with van der Waals surface area (Å²) >= 11 is 12.7. The summed E-state index contributed by atoms with van der Waals surface area (Å²) in [6.07, 6.45) is 3.40. The second-order valence-electron chi connectivity index (χ2n) is 5.76. The molecule has 2 aromatic heterocycles. The van der Waals surface area contributed by atoms with Crippen LogP contribution in [0.5, 0.6) is 0 Å². The van der Waals surface area contributed by atoms with E-state index in [1.165, 1.54) is 0 Å². The van der Waals surface area contributed by atoms with Gasteiger partial charge in [-0.05, 0) is 54.4 Å². The van der Waals surface area contributed by atoms with Gasteiger partial charge in [-0.15, -0.1) is 10.2 Å². The van der Waals surface area contributed by atoms with E-state index in [0.717, 1.165) is 27.9 Å². The van der Waals surface area contributed by atoms with Crippen molar-refractivity contribution in [2.45, 2.75) is 6.92 Å². The molecule has 26 heavy (non-hydrogen) atoms. The van der Waals surface area contributed by atoms with Crippen molar-refractivity contribution in [3.8, 4) is 11.1 Å². The summed E-state index contributed by atoms with van der Waals surface area (Å²) < 4.78 is 0. The standard InChI is InChI=1S/C19H13Cl2N5/c1-11-8-12(17-14(20)5-2-6-15(17)21)9-16-18(11)24-19(26-25-16)23-13-4-3-7-22-10-13/h2-10H,1H3,(H,23,24,26). The zero-order valence-electron chi connectivity index (χ0n) is 13.7. The van der Waals surface area contributed by atoms with Crippen LogP contribution in [0.4, 0.5) is 11.6 Å². The van der Waals surface area contributed by atoms with Crippen molar-refractivity contribution in [3.63, 3.8) is 0 Å². The quantitative estimate of drug-likeness (QED) is 0.511. The van der Waals surface area contributed by atoms with Crippen molar-refractivity contribution in [1.29, 1.82) is 0 Å². The number of aromatic nitrogens is 4. The monoisotopic (exact) mass is 381 g/mol. The molecule has 5 nitrogen and oxygen atoms in total. The van der Waals surface area contributed by atoms with Crippen LogP contribution in [0.1, 0.15) is 5.56 Å². The molecule has 7 heteroatoms. The number of halogens is 2. The fourth-order valence-electron chi connectivity index (χ4n) is 2.75. The molecule has 0 radical (unpaired) electrons. The second kappa shape index (κ2) is 6.86. The lowest BCUT2D eigenvalue weighted by molar-refractivity contribution is 1.03. The Bertz CT molecular complexity index is 1080. The normalized spacial score (nSPS) is 10.9. The number of benzene rings is 2. The number of pyridine rings is 1. The van der Waals surface area contributed by atoms with Crippen LogP contribution < -0.4 is 5.32 Å². The molecule has 4 aromatic rings. The zero-order valence-corrected chi connectivity index (χ0v) is 15.3. The van der Waals surface area contributed by atoms with Crippen molar-refractivity contribution in [3.05, 3.63) is 70.5 Å². The maximum Gasteiger partial charge on any atom is 0.247 e. The first-order chi connectivity index (χ1) is 12.6. The number of rotatable bonds is 3. The lowest BCUT2D eigenvalue weighted by atomic mass is 10.0. The summed E-state index contributed by atoms with van der Waals surface area (Å²) in [4.78, 5) is 8.63. The SMILES string of the molecule is Cc1cc(-c2c(Cl)cccc2Cl)cc2nnc(Nc3cccnc3)nc12. The van der Waals surface area contributed by atoms with E-state index in [0.29, 0.717) is 21.5 Å². The molecule has 0 unspecified atom stereocenters. The van der Waals surface area contributed by atoms with Gasteiger partial charge in [-0.3, -0.25) is 4.98 Å². The minimum Gasteiger partial charge on any atom is -0.321 e. The number of nitrogens with one attached hydrogen (secondary N) is 1. The molecule has 0 atom stereocenters. The van der Waals surface area contributed by atoms with Gasteiger partial charge in [0.05, 0.1) is 17.4 Å². The van der Waals surface area contributed by atoms with E-state index in [-0.39, 0.29) is 0 Å². The Morgan fingerprint density at radius 3 is 2.50 bits per heavy atom. The first-order valence-corrected chi connectivity index (χ1v) is 8.64. The van der Waals surface area contributed by atoms with Crippen LogP contribution in [0.3, 0.4) is 0 Å². The Labute approximate surface area is 160 Å². The fourth-order valence-corrected chi connectivity index (χ4v) is 3.36. The van der Waals surface area contributed by atoms with Gasteiger partial charge in [0.15, 0.2) is 0 Å². The first-order valence-electron chi connectivity index (χ1n) is 7.88. The van der Waals surface area contributed by atoms with E-state index in [2.05, 4.69) is 25.5 Å². The molecular weight excluding hydrogens is 369 g/mol. The van der Waals surface area contributed by atoms with Crippen molar-refractivity contribution in [2.75, 3.05) is 5.32 Å². The van der Waals surface area contributed by atoms with E-state index in [1.807, 2.05) is 49.4 Å².